The zero-order valence-corrected chi connectivity index (χ0v) is 7.66. The number of aryl methyl sites for hydroxylation is 1. The fourth-order valence-electron chi connectivity index (χ4n) is 1.39. The lowest BCUT2D eigenvalue weighted by molar-refractivity contribution is 0.419. The predicted molar refractivity (Wildman–Crippen MR) is 51.9 cm³/mol. The van der Waals surface area contributed by atoms with Crippen molar-refractivity contribution in [1.29, 1.82) is 0 Å². The predicted octanol–water partition coefficient (Wildman–Crippen LogP) is 2.35. The van der Waals surface area contributed by atoms with Gasteiger partial charge in [0.2, 0.25) is 0 Å². The fraction of sp³-hybridized carbons (Fsp3) is 0.182. The number of fused-ring (bicyclic) bond motifs is 1. The molecule has 0 N–H and O–H groups in total. The normalized spacial score (nSPS) is 10.3. The summed E-state index contributed by atoms with van der Waals surface area (Å²) >= 11 is 0. The van der Waals surface area contributed by atoms with Gasteiger partial charge in [0, 0.05) is 5.39 Å². The van der Waals surface area contributed by atoms with Crippen LogP contribution in [-0.2, 0) is 0 Å². The topological polar surface area (TPSA) is 22.1 Å². The van der Waals surface area contributed by atoms with Gasteiger partial charge in [-0.3, -0.25) is 0 Å². The van der Waals surface area contributed by atoms with Gasteiger partial charge in [-0.1, -0.05) is 12.1 Å². The molecule has 1 aromatic heterocycles. The molecular formula is C11H10NO. The van der Waals surface area contributed by atoms with Crippen molar-refractivity contribution in [1.82, 2.24) is 4.98 Å². The summed E-state index contributed by atoms with van der Waals surface area (Å²) < 4.78 is 5.20. The Bertz CT molecular complexity index is 437. The molecule has 0 atom stereocenters. The highest BCUT2D eigenvalue weighted by Crippen LogP contribution is 2.24. The molecule has 2 nitrogen and oxygen atoms in total. The fourth-order valence-corrected chi connectivity index (χ4v) is 1.39. The zero-order chi connectivity index (χ0) is 9.26. The number of benzene rings is 1. The second-order valence-corrected chi connectivity index (χ2v) is 2.92. The Morgan fingerprint density at radius 3 is 3.00 bits per heavy atom. The molecule has 0 aliphatic heterocycles. The van der Waals surface area contributed by atoms with E-state index in [-0.39, 0.29) is 0 Å². The number of aromatic nitrogens is 1. The summed E-state index contributed by atoms with van der Waals surface area (Å²) in [7, 11) is 1.65. The standard InChI is InChI=1S/C11H10NO/c1-8-6-7-12-11-9(8)4-3-5-10(11)13-2/h3-6H,1-2H3. The molecule has 2 rings (SSSR count). The van der Waals surface area contributed by atoms with Crippen molar-refractivity contribution < 1.29 is 4.74 Å². The van der Waals surface area contributed by atoms with Crippen LogP contribution in [0.15, 0.2) is 24.3 Å². The highest BCUT2D eigenvalue weighted by Gasteiger charge is 2.02. The maximum Gasteiger partial charge on any atom is 0.145 e. The van der Waals surface area contributed by atoms with Crippen LogP contribution in [0.2, 0.25) is 0 Å². The quantitative estimate of drug-likeness (QED) is 0.658. The average molecular weight is 172 g/mol. The van der Waals surface area contributed by atoms with Gasteiger partial charge >= 0.3 is 0 Å². The number of pyridine rings is 1. The third-order valence-corrected chi connectivity index (χ3v) is 2.10. The van der Waals surface area contributed by atoms with Crippen LogP contribution in [0, 0.1) is 13.1 Å². The number of ether oxygens (including phenoxy) is 1. The van der Waals surface area contributed by atoms with Crippen molar-refractivity contribution in [3.8, 4) is 5.75 Å². The molecule has 0 aliphatic rings. The maximum atomic E-state index is 5.20. The van der Waals surface area contributed by atoms with Gasteiger partial charge in [0.25, 0.3) is 0 Å². The summed E-state index contributed by atoms with van der Waals surface area (Å²) in [4.78, 5) is 4.16. The van der Waals surface area contributed by atoms with Gasteiger partial charge in [0.1, 0.15) is 11.3 Å². The third-order valence-electron chi connectivity index (χ3n) is 2.10. The molecule has 0 amide bonds. The van der Waals surface area contributed by atoms with Crippen molar-refractivity contribution in [3.05, 3.63) is 36.0 Å². The minimum atomic E-state index is 0.803. The van der Waals surface area contributed by atoms with Crippen LogP contribution in [0.4, 0.5) is 0 Å². The summed E-state index contributed by atoms with van der Waals surface area (Å²) in [6, 6.07) is 7.79. The summed E-state index contributed by atoms with van der Waals surface area (Å²) in [5, 5.41) is 1.12. The SMILES string of the molecule is COc1cccc2c(C)c[c]nc12. The van der Waals surface area contributed by atoms with Gasteiger partial charge in [-0.25, -0.2) is 4.98 Å². The zero-order valence-electron chi connectivity index (χ0n) is 7.66. The van der Waals surface area contributed by atoms with Gasteiger partial charge in [-0.15, -0.1) is 0 Å². The van der Waals surface area contributed by atoms with E-state index >= 15 is 0 Å². The molecule has 2 heteroatoms. The molecular weight excluding hydrogens is 162 g/mol. The lowest BCUT2D eigenvalue weighted by Crippen LogP contribution is -1.88. The Kier molecular flexibility index (Phi) is 1.89. The van der Waals surface area contributed by atoms with E-state index in [9.17, 15) is 0 Å². The van der Waals surface area contributed by atoms with Crippen LogP contribution in [-0.4, -0.2) is 12.1 Å². The second kappa shape index (κ2) is 3.05. The molecule has 0 aliphatic carbocycles. The Labute approximate surface area is 77.2 Å². The maximum absolute atomic E-state index is 5.20. The molecule has 13 heavy (non-hydrogen) atoms. The molecule has 0 unspecified atom stereocenters. The van der Waals surface area contributed by atoms with Gasteiger partial charge in [0.05, 0.1) is 13.3 Å². The number of hydrogen-bond donors (Lipinski definition) is 0. The summed E-state index contributed by atoms with van der Waals surface area (Å²) in [6.45, 7) is 2.04. The number of hydrogen-bond acceptors (Lipinski definition) is 2. The molecule has 1 heterocycles. The smallest absolute Gasteiger partial charge is 0.145 e. The first-order valence-corrected chi connectivity index (χ1v) is 4.13. The molecule has 0 saturated carbocycles. The van der Waals surface area contributed by atoms with Gasteiger partial charge < -0.3 is 4.74 Å². The number of methoxy groups -OCH3 is 1. The van der Waals surface area contributed by atoms with Crippen molar-refractivity contribution in [2.75, 3.05) is 7.11 Å². The van der Waals surface area contributed by atoms with Crippen LogP contribution < -0.4 is 4.74 Å². The van der Waals surface area contributed by atoms with E-state index in [1.54, 1.807) is 7.11 Å². The molecule has 65 valence electrons. The molecule has 1 aromatic carbocycles. The minimum Gasteiger partial charge on any atom is -0.494 e. The Morgan fingerprint density at radius 1 is 1.38 bits per heavy atom. The van der Waals surface area contributed by atoms with E-state index in [4.69, 9.17) is 4.74 Å². The van der Waals surface area contributed by atoms with Crippen LogP contribution in [0.3, 0.4) is 0 Å². The summed E-state index contributed by atoms with van der Waals surface area (Å²) in [5.74, 6) is 0.803. The first-order chi connectivity index (χ1) is 6.33. The van der Waals surface area contributed by atoms with Crippen molar-refractivity contribution in [2.24, 2.45) is 0 Å². The molecule has 0 saturated heterocycles. The number of rotatable bonds is 1. The molecule has 0 fully saturated rings. The van der Waals surface area contributed by atoms with Crippen LogP contribution in [0.1, 0.15) is 5.56 Å². The van der Waals surface area contributed by atoms with E-state index in [1.165, 1.54) is 5.56 Å². The number of nitrogens with zero attached hydrogens (tertiary/aromatic N) is 1. The Balaban J connectivity index is 2.84. The highest BCUT2D eigenvalue weighted by molar-refractivity contribution is 5.86. The second-order valence-electron chi connectivity index (χ2n) is 2.92. The third kappa shape index (κ3) is 1.24. The minimum absolute atomic E-state index is 0.803. The van der Waals surface area contributed by atoms with Crippen LogP contribution >= 0.6 is 0 Å². The summed E-state index contributed by atoms with van der Waals surface area (Å²) in [6.07, 6.45) is 2.85. The van der Waals surface area contributed by atoms with Gasteiger partial charge in [-0.05, 0) is 24.6 Å². The molecule has 0 spiro atoms. The molecule has 1 radical (unpaired) electrons. The van der Waals surface area contributed by atoms with Crippen molar-refractivity contribution in [2.45, 2.75) is 6.92 Å². The largest absolute Gasteiger partial charge is 0.494 e. The molecule has 2 aromatic rings. The average Bonchev–Trinajstić information content (AvgIpc) is 2.18. The Hall–Kier alpha value is -1.57. The van der Waals surface area contributed by atoms with Crippen molar-refractivity contribution in [3.63, 3.8) is 0 Å². The van der Waals surface area contributed by atoms with E-state index in [0.717, 1.165) is 16.7 Å². The van der Waals surface area contributed by atoms with Crippen LogP contribution in [0.25, 0.3) is 10.9 Å². The van der Waals surface area contributed by atoms with E-state index in [2.05, 4.69) is 11.2 Å². The van der Waals surface area contributed by atoms with E-state index in [1.807, 2.05) is 31.2 Å². The van der Waals surface area contributed by atoms with Crippen molar-refractivity contribution >= 4 is 10.9 Å². The van der Waals surface area contributed by atoms with E-state index < -0.39 is 0 Å². The van der Waals surface area contributed by atoms with Gasteiger partial charge in [-0.2, -0.15) is 0 Å². The first kappa shape index (κ1) is 8.05. The Morgan fingerprint density at radius 2 is 2.23 bits per heavy atom. The number of para-hydroxylation sites is 1. The lowest BCUT2D eigenvalue weighted by atomic mass is 10.1. The monoisotopic (exact) mass is 172 g/mol. The van der Waals surface area contributed by atoms with Crippen LogP contribution in [0.5, 0.6) is 5.75 Å². The van der Waals surface area contributed by atoms with Gasteiger partial charge in [0.15, 0.2) is 0 Å². The molecule has 0 bridgehead atoms. The highest BCUT2D eigenvalue weighted by atomic mass is 16.5. The van der Waals surface area contributed by atoms with E-state index in [0.29, 0.717) is 0 Å². The lowest BCUT2D eigenvalue weighted by Gasteiger charge is -2.04. The first-order valence-electron chi connectivity index (χ1n) is 4.13. The summed E-state index contributed by atoms with van der Waals surface area (Å²) in [5.41, 5.74) is 2.05.